The van der Waals surface area contributed by atoms with E-state index in [1.165, 1.54) is 11.3 Å². The Labute approximate surface area is 157 Å². The molecule has 0 saturated heterocycles. The first-order chi connectivity index (χ1) is 12.5. The number of nitrogens with one attached hydrogen (secondary N) is 1. The number of hydrogen-bond donors (Lipinski definition) is 1. The third-order valence-corrected chi connectivity index (χ3v) is 5.40. The van der Waals surface area contributed by atoms with Gasteiger partial charge >= 0.3 is 0 Å². The highest BCUT2D eigenvalue weighted by atomic mass is 35.5. The van der Waals surface area contributed by atoms with Crippen molar-refractivity contribution in [2.24, 2.45) is 7.05 Å². The third kappa shape index (κ3) is 3.14. The van der Waals surface area contributed by atoms with Gasteiger partial charge in [-0.1, -0.05) is 11.6 Å². The second-order valence-corrected chi connectivity index (χ2v) is 7.25. The molecule has 1 aliphatic carbocycles. The Balaban J connectivity index is 1.50. The lowest BCUT2D eigenvalue weighted by Gasteiger charge is -2.25. The van der Waals surface area contributed by atoms with Crippen LogP contribution in [-0.2, 0) is 24.7 Å². The van der Waals surface area contributed by atoms with Gasteiger partial charge in [0.05, 0.1) is 18.2 Å². The van der Waals surface area contributed by atoms with Crippen LogP contribution in [0.3, 0.4) is 0 Å². The van der Waals surface area contributed by atoms with Crippen molar-refractivity contribution in [2.45, 2.75) is 38.6 Å². The molecule has 0 bridgehead atoms. The molecule has 7 heteroatoms. The number of aryl methyl sites for hydroxylation is 2. The van der Waals surface area contributed by atoms with Crippen molar-refractivity contribution < 1.29 is 14.3 Å². The Morgan fingerprint density at radius 3 is 2.85 bits per heavy atom. The van der Waals surface area contributed by atoms with Crippen LogP contribution in [0.1, 0.15) is 41.4 Å². The molecular formula is C19H22ClN3O3. The van der Waals surface area contributed by atoms with Crippen molar-refractivity contribution in [3.05, 3.63) is 39.7 Å². The van der Waals surface area contributed by atoms with Crippen LogP contribution in [-0.4, -0.2) is 28.9 Å². The maximum atomic E-state index is 12.7. The minimum Gasteiger partial charge on any atom is -0.486 e. The van der Waals surface area contributed by atoms with Gasteiger partial charge in [-0.3, -0.25) is 9.48 Å². The van der Waals surface area contributed by atoms with Crippen LogP contribution < -0.4 is 14.8 Å². The fourth-order valence-corrected chi connectivity index (χ4v) is 4.11. The van der Waals surface area contributed by atoms with Crippen LogP contribution in [0.5, 0.6) is 11.5 Å². The Hall–Kier alpha value is -2.21. The van der Waals surface area contributed by atoms with E-state index in [0.717, 1.165) is 30.5 Å². The maximum Gasteiger partial charge on any atom is 0.224 e. The zero-order valence-corrected chi connectivity index (χ0v) is 15.7. The lowest BCUT2D eigenvalue weighted by Crippen LogP contribution is -2.32. The van der Waals surface area contributed by atoms with E-state index >= 15 is 0 Å². The van der Waals surface area contributed by atoms with Crippen LogP contribution in [0.2, 0.25) is 5.02 Å². The van der Waals surface area contributed by atoms with Gasteiger partial charge in [0, 0.05) is 29.4 Å². The van der Waals surface area contributed by atoms with Crippen molar-refractivity contribution in [3.8, 4) is 11.5 Å². The average Bonchev–Trinajstić information content (AvgIpc) is 2.91. The van der Waals surface area contributed by atoms with E-state index in [2.05, 4.69) is 10.4 Å². The molecule has 1 unspecified atom stereocenters. The predicted molar refractivity (Wildman–Crippen MR) is 97.9 cm³/mol. The highest BCUT2D eigenvalue weighted by Gasteiger charge is 2.27. The topological polar surface area (TPSA) is 65.4 Å². The number of fused-ring (bicyclic) bond motifs is 2. The van der Waals surface area contributed by atoms with Crippen molar-refractivity contribution in [3.63, 3.8) is 0 Å². The average molecular weight is 376 g/mol. The molecule has 138 valence electrons. The summed E-state index contributed by atoms with van der Waals surface area (Å²) in [5, 5.41) is 8.19. The van der Waals surface area contributed by atoms with Crippen LogP contribution in [0.25, 0.3) is 0 Å². The molecule has 1 aromatic carbocycles. The van der Waals surface area contributed by atoms with Gasteiger partial charge in [0.25, 0.3) is 0 Å². The Morgan fingerprint density at radius 1 is 1.35 bits per heavy atom. The molecule has 0 saturated carbocycles. The van der Waals surface area contributed by atoms with Crippen LogP contribution in [0.4, 0.5) is 0 Å². The molecule has 0 fully saturated rings. The molecular weight excluding hydrogens is 354 g/mol. The number of benzene rings is 1. The van der Waals surface area contributed by atoms with E-state index in [0.29, 0.717) is 29.7 Å². The second kappa shape index (κ2) is 6.83. The van der Waals surface area contributed by atoms with Gasteiger partial charge in [-0.15, -0.1) is 0 Å². The van der Waals surface area contributed by atoms with Crippen molar-refractivity contribution in [1.29, 1.82) is 0 Å². The van der Waals surface area contributed by atoms with E-state index in [-0.39, 0.29) is 18.4 Å². The zero-order chi connectivity index (χ0) is 18.3. The zero-order valence-electron chi connectivity index (χ0n) is 15.0. The minimum atomic E-state index is -0.0512. The molecule has 1 aliphatic heterocycles. The van der Waals surface area contributed by atoms with Crippen molar-refractivity contribution in [2.75, 3.05) is 13.2 Å². The van der Waals surface area contributed by atoms with Gasteiger partial charge in [0.15, 0.2) is 11.5 Å². The SMILES string of the molecule is Cc1nn(C)c2c1C(NC(=O)Cc1cc3c(cc1Cl)OCCO3)CCC2. The monoisotopic (exact) mass is 375 g/mol. The van der Waals surface area contributed by atoms with Gasteiger partial charge in [-0.2, -0.15) is 5.10 Å². The molecule has 2 heterocycles. The Kier molecular flexibility index (Phi) is 4.53. The van der Waals surface area contributed by atoms with Gasteiger partial charge in [-0.05, 0) is 37.8 Å². The summed E-state index contributed by atoms with van der Waals surface area (Å²) >= 11 is 6.33. The first-order valence-corrected chi connectivity index (χ1v) is 9.30. The number of nitrogens with zero attached hydrogens (tertiary/aromatic N) is 2. The van der Waals surface area contributed by atoms with E-state index in [4.69, 9.17) is 21.1 Å². The number of ether oxygens (including phenoxy) is 2. The molecule has 6 nitrogen and oxygen atoms in total. The summed E-state index contributed by atoms with van der Waals surface area (Å²) in [5.74, 6) is 1.23. The van der Waals surface area contributed by atoms with Gasteiger partial charge in [-0.25, -0.2) is 0 Å². The third-order valence-electron chi connectivity index (χ3n) is 5.04. The number of rotatable bonds is 3. The fraction of sp³-hybridized carbons (Fsp3) is 0.474. The summed E-state index contributed by atoms with van der Waals surface area (Å²) in [5.41, 5.74) is 4.12. The van der Waals surface area contributed by atoms with Gasteiger partial charge < -0.3 is 14.8 Å². The van der Waals surface area contributed by atoms with Gasteiger partial charge in [0.2, 0.25) is 5.91 Å². The van der Waals surface area contributed by atoms with Gasteiger partial charge in [0.1, 0.15) is 13.2 Å². The summed E-state index contributed by atoms with van der Waals surface area (Å²) in [6.07, 6.45) is 3.19. The molecule has 2 aromatic rings. The second-order valence-electron chi connectivity index (χ2n) is 6.85. The highest BCUT2D eigenvalue weighted by molar-refractivity contribution is 6.31. The highest BCUT2D eigenvalue weighted by Crippen LogP contribution is 2.36. The molecule has 1 amide bonds. The Bertz CT molecular complexity index is 862. The van der Waals surface area contributed by atoms with E-state index in [9.17, 15) is 4.79 Å². The van der Waals surface area contributed by atoms with Crippen LogP contribution in [0, 0.1) is 6.92 Å². The molecule has 4 rings (SSSR count). The fourth-order valence-electron chi connectivity index (χ4n) is 3.89. The van der Waals surface area contributed by atoms with Crippen molar-refractivity contribution in [1.82, 2.24) is 15.1 Å². The lowest BCUT2D eigenvalue weighted by atomic mass is 9.91. The Morgan fingerprint density at radius 2 is 2.08 bits per heavy atom. The molecule has 1 atom stereocenters. The van der Waals surface area contributed by atoms with E-state index in [1.54, 1.807) is 12.1 Å². The number of hydrogen-bond acceptors (Lipinski definition) is 4. The standard InChI is InChI=1S/C19H22ClN3O3/c1-11-19-14(4-3-5-15(19)23(2)22-11)21-18(24)9-12-8-16-17(10-13(12)20)26-7-6-25-16/h8,10,14H,3-7,9H2,1-2H3,(H,21,24). The molecule has 1 aromatic heterocycles. The van der Waals surface area contributed by atoms with Crippen LogP contribution >= 0.6 is 11.6 Å². The molecule has 0 radical (unpaired) electrons. The summed E-state index contributed by atoms with van der Waals surface area (Å²) < 4.78 is 13.0. The normalized spacial score (nSPS) is 18.3. The summed E-state index contributed by atoms with van der Waals surface area (Å²) in [6, 6.07) is 3.54. The van der Waals surface area contributed by atoms with E-state index < -0.39 is 0 Å². The largest absolute Gasteiger partial charge is 0.486 e. The number of carbonyl (C=O) groups is 1. The number of amides is 1. The first kappa shape index (κ1) is 17.2. The number of carbonyl (C=O) groups excluding carboxylic acids is 1. The summed E-state index contributed by atoms with van der Waals surface area (Å²) in [7, 11) is 1.96. The summed E-state index contributed by atoms with van der Waals surface area (Å²) in [4.78, 5) is 12.7. The summed E-state index contributed by atoms with van der Waals surface area (Å²) in [6.45, 7) is 3.02. The first-order valence-electron chi connectivity index (χ1n) is 8.92. The van der Waals surface area contributed by atoms with Crippen molar-refractivity contribution >= 4 is 17.5 Å². The number of halogens is 1. The quantitative estimate of drug-likeness (QED) is 0.895. The molecule has 0 spiro atoms. The maximum absolute atomic E-state index is 12.7. The molecule has 2 aliphatic rings. The number of aromatic nitrogens is 2. The molecule has 26 heavy (non-hydrogen) atoms. The molecule has 1 N–H and O–H groups in total. The minimum absolute atomic E-state index is 0.0101. The predicted octanol–water partition coefficient (Wildman–Crippen LogP) is 2.89. The lowest BCUT2D eigenvalue weighted by molar-refractivity contribution is -0.121. The van der Waals surface area contributed by atoms with E-state index in [1.807, 2.05) is 18.7 Å². The van der Waals surface area contributed by atoms with Crippen LogP contribution in [0.15, 0.2) is 12.1 Å². The smallest absolute Gasteiger partial charge is 0.224 e.